The van der Waals surface area contributed by atoms with Gasteiger partial charge in [-0.25, -0.2) is 9.67 Å². The molecule has 8 nitrogen and oxygen atoms in total. The van der Waals surface area contributed by atoms with E-state index < -0.39 is 0 Å². The first kappa shape index (κ1) is 22.3. The molecule has 2 aromatic carbocycles. The van der Waals surface area contributed by atoms with Gasteiger partial charge in [0.25, 0.3) is 5.91 Å². The lowest BCUT2D eigenvalue weighted by molar-refractivity contribution is 0.102. The number of anilines is 1. The molecule has 35 heavy (non-hydrogen) atoms. The number of carbonyl (C=O) groups is 1. The summed E-state index contributed by atoms with van der Waals surface area (Å²) >= 11 is 1.35. The molecule has 0 saturated carbocycles. The molecule has 1 N–H and O–H groups in total. The molecule has 3 heterocycles. The number of carbonyl (C=O) groups excluding carboxylic acids is 1. The number of ether oxygens (including phenoxy) is 2. The van der Waals surface area contributed by atoms with Crippen molar-refractivity contribution >= 4 is 22.4 Å². The molecule has 1 amide bonds. The van der Waals surface area contributed by atoms with E-state index in [1.807, 2.05) is 53.9 Å². The minimum atomic E-state index is -0.316. The molecule has 0 atom stereocenters. The van der Waals surface area contributed by atoms with Gasteiger partial charge >= 0.3 is 0 Å². The van der Waals surface area contributed by atoms with E-state index in [0.717, 1.165) is 22.5 Å². The van der Waals surface area contributed by atoms with Crippen LogP contribution in [0.25, 0.3) is 28.2 Å². The van der Waals surface area contributed by atoms with Crippen molar-refractivity contribution in [2.24, 2.45) is 0 Å². The molecular weight excluding hydrogens is 462 g/mol. The zero-order valence-electron chi connectivity index (χ0n) is 19.0. The Morgan fingerprint density at radius 3 is 2.54 bits per heavy atom. The van der Waals surface area contributed by atoms with Gasteiger partial charge in [0.05, 0.1) is 31.2 Å². The highest BCUT2D eigenvalue weighted by molar-refractivity contribution is 7.14. The first-order chi connectivity index (χ1) is 17.2. The largest absolute Gasteiger partial charge is 0.493 e. The van der Waals surface area contributed by atoms with E-state index in [1.54, 1.807) is 49.6 Å². The summed E-state index contributed by atoms with van der Waals surface area (Å²) < 4.78 is 12.5. The number of amides is 1. The van der Waals surface area contributed by atoms with Crippen LogP contribution in [0.5, 0.6) is 11.5 Å². The number of para-hydroxylation sites is 1. The van der Waals surface area contributed by atoms with Crippen LogP contribution in [0.3, 0.4) is 0 Å². The highest BCUT2D eigenvalue weighted by Gasteiger charge is 2.21. The number of hydrogen-bond donors (Lipinski definition) is 1. The number of thiazole rings is 1. The Morgan fingerprint density at radius 2 is 1.80 bits per heavy atom. The van der Waals surface area contributed by atoms with Crippen molar-refractivity contribution in [1.82, 2.24) is 19.7 Å². The van der Waals surface area contributed by atoms with Crippen molar-refractivity contribution in [1.29, 1.82) is 0 Å². The Kier molecular flexibility index (Phi) is 6.23. The highest BCUT2D eigenvalue weighted by Crippen LogP contribution is 2.34. The summed E-state index contributed by atoms with van der Waals surface area (Å²) in [6.07, 6.45) is 5.16. The summed E-state index contributed by atoms with van der Waals surface area (Å²) in [6.45, 7) is 0. The van der Waals surface area contributed by atoms with Gasteiger partial charge < -0.3 is 9.47 Å². The van der Waals surface area contributed by atoms with Crippen LogP contribution in [0, 0.1) is 0 Å². The summed E-state index contributed by atoms with van der Waals surface area (Å²) in [7, 11) is 3.15. The molecule has 0 aliphatic heterocycles. The van der Waals surface area contributed by atoms with E-state index in [1.165, 1.54) is 11.3 Å². The maximum absolute atomic E-state index is 13.4. The smallest absolute Gasteiger partial charge is 0.261 e. The fraction of sp³-hybridized carbons (Fsp3) is 0.0769. The molecule has 174 valence electrons. The molecule has 0 saturated heterocycles. The number of nitrogens with zero attached hydrogens (tertiary/aromatic N) is 4. The lowest BCUT2D eigenvalue weighted by Crippen LogP contribution is -2.12. The van der Waals surface area contributed by atoms with Crippen LogP contribution >= 0.6 is 11.3 Å². The predicted molar refractivity (Wildman–Crippen MR) is 135 cm³/mol. The average Bonchev–Trinajstić information content (AvgIpc) is 3.57. The molecule has 0 spiro atoms. The predicted octanol–water partition coefficient (Wildman–Crippen LogP) is 5.33. The van der Waals surface area contributed by atoms with E-state index in [2.05, 4.69) is 15.3 Å². The van der Waals surface area contributed by atoms with Crippen molar-refractivity contribution in [3.63, 3.8) is 0 Å². The van der Waals surface area contributed by atoms with Gasteiger partial charge in [-0.05, 0) is 42.5 Å². The SMILES string of the molecule is COc1ccc(-c2nn(-c3ccccc3)cc2C(=O)Nc2nc(-c3cccnc3)cs2)cc1OC. The first-order valence-electron chi connectivity index (χ1n) is 10.7. The summed E-state index contributed by atoms with van der Waals surface area (Å²) in [5, 5.41) is 10.0. The van der Waals surface area contributed by atoms with Gasteiger partial charge in [0, 0.05) is 35.1 Å². The molecular formula is C26H21N5O3S. The quantitative estimate of drug-likeness (QED) is 0.337. The normalized spacial score (nSPS) is 10.7. The monoisotopic (exact) mass is 483 g/mol. The van der Waals surface area contributed by atoms with Gasteiger partial charge in [-0.1, -0.05) is 18.2 Å². The van der Waals surface area contributed by atoms with Crippen LogP contribution in [0.4, 0.5) is 5.13 Å². The molecule has 0 unspecified atom stereocenters. The van der Waals surface area contributed by atoms with Crippen LogP contribution in [0.1, 0.15) is 10.4 Å². The van der Waals surface area contributed by atoms with Gasteiger partial charge in [0.1, 0.15) is 5.69 Å². The Morgan fingerprint density at radius 1 is 0.971 bits per heavy atom. The molecule has 0 bridgehead atoms. The minimum absolute atomic E-state index is 0.316. The zero-order chi connectivity index (χ0) is 24.2. The van der Waals surface area contributed by atoms with Gasteiger partial charge in [-0.2, -0.15) is 5.10 Å². The van der Waals surface area contributed by atoms with Gasteiger partial charge in [-0.15, -0.1) is 11.3 Å². The van der Waals surface area contributed by atoms with Crippen LogP contribution in [0.15, 0.2) is 84.6 Å². The Balaban J connectivity index is 1.52. The lowest BCUT2D eigenvalue weighted by atomic mass is 10.1. The Bertz CT molecular complexity index is 1470. The number of rotatable bonds is 7. The third kappa shape index (κ3) is 4.62. The zero-order valence-corrected chi connectivity index (χ0v) is 19.8. The minimum Gasteiger partial charge on any atom is -0.493 e. The van der Waals surface area contributed by atoms with Gasteiger partial charge in [-0.3, -0.25) is 15.1 Å². The number of hydrogen-bond acceptors (Lipinski definition) is 7. The average molecular weight is 484 g/mol. The maximum Gasteiger partial charge on any atom is 0.261 e. The van der Waals surface area contributed by atoms with Crippen molar-refractivity contribution < 1.29 is 14.3 Å². The van der Waals surface area contributed by atoms with Crippen LogP contribution < -0.4 is 14.8 Å². The number of aromatic nitrogens is 4. The van der Waals surface area contributed by atoms with E-state index >= 15 is 0 Å². The number of benzene rings is 2. The second kappa shape index (κ2) is 9.78. The summed E-state index contributed by atoms with van der Waals surface area (Å²) in [4.78, 5) is 22.1. The maximum atomic E-state index is 13.4. The second-order valence-corrected chi connectivity index (χ2v) is 8.33. The molecule has 9 heteroatoms. The third-order valence-corrected chi connectivity index (χ3v) is 6.08. The van der Waals surface area contributed by atoms with Crippen LogP contribution in [0.2, 0.25) is 0 Å². The van der Waals surface area contributed by atoms with E-state index in [4.69, 9.17) is 14.6 Å². The third-order valence-electron chi connectivity index (χ3n) is 5.32. The summed E-state index contributed by atoms with van der Waals surface area (Å²) in [5.74, 6) is 0.825. The summed E-state index contributed by atoms with van der Waals surface area (Å²) in [5.41, 5.74) is 4.10. The molecule has 5 rings (SSSR count). The van der Waals surface area contributed by atoms with Gasteiger partial charge in [0.15, 0.2) is 16.6 Å². The standard InChI is InChI=1S/C26H21N5O3S/c1-33-22-11-10-17(13-23(22)34-2)24-20(15-31(30-24)19-8-4-3-5-9-19)25(32)29-26-28-21(16-35-26)18-7-6-12-27-14-18/h3-16H,1-2H3,(H,28,29,32). The van der Waals surface area contributed by atoms with Crippen LogP contribution in [-0.4, -0.2) is 39.9 Å². The highest BCUT2D eigenvalue weighted by atomic mass is 32.1. The fourth-order valence-corrected chi connectivity index (χ4v) is 4.31. The molecule has 0 aliphatic carbocycles. The van der Waals surface area contributed by atoms with E-state index in [0.29, 0.717) is 27.9 Å². The summed E-state index contributed by atoms with van der Waals surface area (Å²) in [6, 6.07) is 18.8. The van der Waals surface area contributed by atoms with E-state index in [-0.39, 0.29) is 5.91 Å². The molecule has 0 aliphatic rings. The van der Waals surface area contributed by atoms with Crippen molar-refractivity contribution in [3.8, 4) is 39.7 Å². The molecule has 0 radical (unpaired) electrons. The molecule has 3 aromatic heterocycles. The van der Waals surface area contributed by atoms with Crippen molar-refractivity contribution in [2.45, 2.75) is 0 Å². The second-order valence-electron chi connectivity index (χ2n) is 7.47. The lowest BCUT2D eigenvalue weighted by Gasteiger charge is -2.09. The first-order valence-corrected chi connectivity index (χ1v) is 11.6. The van der Waals surface area contributed by atoms with Crippen molar-refractivity contribution in [2.75, 3.05) is 19.5 Å². The number of pyridine rings is 1. The molecule has 5 aromatic rings. The number of nitrogens with one attached hydrogen (secondary N) is 1. The number of methoxy groups -OCH3 is 2. The van der Waals surface area contributed by atoms with Crippen molar-refractivity contribution in [3.05, 3.63) is 90.2 Å². The topological polar surface area (TPSA) is 91.2 Å². The van der Waals surface area contributed by atoms with Crippen LogP contribution in [-0.2, 0) is 0 Å². The fourth-order valence-electron chi connectivity index (χ4n) is 3.59. The molecule has 0 fully saturated rings. The van der Waals surface area contributed by atoms with E-state index in [9.17, 15) is 4.79 Å². The Hall–Kier alpha value is -4.50. The van der Waals surface area contributed by atoms with Gasteiger partial charge in [0.2, 0.25) is 0 Å². The Labute approximate surface area is 205 Å².